The van der Waals surface area contributed by atoms with Crippen LogP contribution < -0.4 is 5.73 Å². The fourth-order valence-corrected chi connectivity index (χ4v) is 2.19. The van der Waals surface area contributed by atoms with E-state index in [9.17, 15) is 4.39 Å². The Labute approximate surface area is 114 Å². The summed E-state index contributed by atoms with van der Waals surface area (Å²) in [6, 6.07) is 9.93. The van der Waals surface area contributed by atoms with Crippen molar-refractivity contribution >= 4 is 11.5 Å². The van der Waals surface area contributed by atoms with Gasteiger partial charge in [-0.2, -0.15) is 5.26 Å². The highest BCUT2D eigenvalue weighted by molar-refractivity contribution is 5.76. The van der Waals surface area contributed by atoms with Crippen LogP contribution in [0.2, 0.25) is 0 Å². The third kappa shape index (κ3) is 1.70. The molecule has 0 bridgehead atoms. The molecule has 0 fully saturated rings. The van der Waals surface area contributed by atoms with E-state index in [4.69, 9.17) is 11.0 Å². The molecule has 0 radical (unpaired) electrons. The Morgan fingerprint density at radius 2 is 2.15 bits per heavy atom. The molecule has 20 heavy (non-hydrogen) atoms. The van der Waals surface area contributed by atoms with E-state index in [-0.39, 0.29) is 5.56 Å². The molecule has 0 saturated heterocycles. The lowest BCUT2D eigenvalue weighted by molar-refractivity contribution is 0.624. The van der Waals surface area contributed by atoms with Crippen LogP contribution in [0.3, 0.4) is 0 Å². The zero-order valence-electron chi connectivity index (χ0n) is 10.8. The topological polar surface area (TPSA) is 67.1 Å². The molecule has 98 valence electrons. The summed E-state index contributed by atoms with van der Waals surface area (Å²) in [6.45, 7) is 1.94. The number of pyridine rings is 1. The summed E-state index contributed by atoms with van der Waals surface area (Å²) in [6.07, 6.45) is 1.82. The minimum atomic E-state index is -0.547. The normalized spacial score (nSPS) is 10.7. The van der Waals surface area contributed by atoms with Crippen molar-refractivity contribution in [3.05, 3.63) is 53.5 Å². The number of nitrogens with zero attached hydrogens (tertiary/aromatic N) is 3. The number of rotatable bonds is 1. The van der Waals surface area contributed by atoms with Gasteiger partial charge in [0.05, 0.1) is 5.56 Å². The maximum atomic E-state index is 13.4. The fraction of sp³-hybridized carbons (Fsp3) is 0.0667. The Hall–Kier alpha value is -2.87. The van der Waals surface area contributed by atoms with Gasteiger partial charge in [-0.25, -0.2) is 9.37 Å². The molecule has 0 amide bonds. The number of hydrogen-bond acceptors (Lipinski definition) is 3. The van der Waals surface area contributed by atoms with E-state index >= 15 is 0 Å². The van der Waals surface area contributed by atoms with Crippen molar-refractivity contribution in [3.8, 4) is 17.3 Å². The summed E-state index contributed by atoms with van der Waals surface area (Å²) in [7, 11) is 0. The Kier molecular flexibility index (Phi) is 2.65. The summed E-state index contributed by atoms with van der Waals surface area (Å²) >= 11 is 0. The Morgan fingerprint density at radius 1 is 1.35 bits per heavy atom. The second-order valence-electron chi connectivity index (χ2n) is 4.54. The monoisotopic (exact) mass is 266 g/mol. The first-order valence-corrected chi connectivity index (χ1v) is 6.05. The van der Waals surface area contributed by atoms with E-state index < -0.39 is 5.82 Å². The van der Waals surface area contributed by atoms with Crippen LogP contribution in [0.1, 0.15) is 11.1 Å². The molecule has 0 aliphatic rings. The number of aryl methyl sites for hydroxylation is 1. The van der Waals surface area contributed by atoms with E-state index in [1.54, 1.807) is 10.5 Å². The van der Waals surface area contributed by atoms with Crippen molar-refractivity contribution in [2.75, 3.05) is 5.73 Å². The van der Waals surface area contributed by atoms with Crippen LogP contribution in [0.4, 0.5) is 10.2 Å². The Morgan fingerprint density at radius 3 is 2.85 bits per heavy atom. The molecule has 2 aromatic heterocycles. The maximum Gasteiger partial charge on any atom is 0.142 e. The third-order valence-electron chi connectivity index (χ3n) is 3.24. The van der Waals surface area contributed by atoms with Crippen LogP contribution in [0.15, 0.2) is 36.5 Å². The van der Waals surface area contributed by atoms with Crippen molar-refractivity contribution in [2.45, 2.75) is 6.92 Å². The second kappa shape index (κ2) is 4.35. The molecular weight excluding hydrogens is 255 g/mol. The molecule has 0 atom stereocenters. The van der Waals surface area contributed by atoms with Crippen molar-refractivity contribution in [1.29, 1.82) is 5.26 Å². The first kappa shape index (κ1) is 12.2. The molecule has 1 aromatic carbocycles. The van der Waals surface area contributed by atoms with Crippen molar-refractivity contribution in [3.63, 3.8) is 0 Å². The highest BCUT2D eigenvalue weighted by Crippen LogP contribution is 2.28. The summed E-state index contributed by atoms with van der Waals surface area (Å²) in [5.74, 6) is -0.0750. The van der Waals surface area contributed by atoms with Gasteiger partial charge in [-0.05, 0) is 36.8 Å². The number of aromatic nitrogens is 2. The SMILES string of the molecule is Cc1cccn2c(N)c(-c3ccc(F)c(C#N)c3)nc12. The largest absolute Gasteiger partial charge is 0.383 e. The zero-order chi connectivity index (χ0) is 14.3. The molecule has 2 N–H and O–H groups in total. The zero-order valence-corrected chi connectivity index (χ0v) is 10.8. The number of nitriles is 1. The molecule has 3 rings (SSSR count). The average molecular weight is 266 g/mol. The molecule has 4 nitrogen and oxygen atoms in total. The van der Waals surface area contributed by atoms with Crippen LogP contribution in [0, 0.1) is 24.1 Å². The lowest BCUT2D eigenvalue weighted by atomic mass is 10.1. The molecular formula is C15H11FN4. The minimum absolute atomic E-state index is 0.0179. The number of fused-ring (bicyclic) bond motifs is 1. The van der Waals surface area contributed by atoms with Crippen molar-refractivity contribution in [2.24, 2.45) is 0 Å². The van der Waals surface area contributed by atoms with Gasteiger partial charge in [0.1, 0.15) is 29.0 Å². The van der Waals surface area contributed by atoms with Crippen LogP contribution in [0.5, 0.6) is 0 Å². The summed E-state index contributed by atoms with van der Waals surface area (Å²) in [4.78, 5) is 4.49. The lowest BCUT2D eigenvalue weighted by Gasteiger charge is -2.01. The van der Waals surface area contributed by atoms with Crippen LogP contribution >= 0.6 is 0 Å². The van der Waals surface area contributed by atoms with Gasteiger partial charge in [0.2, 0.25) is 0 Å². The van der Waals surface area contributed by atoms with Crippen molar-refractivity contribution < 1.29 is 4.39 Å². The van der Waals surface area contributed by atoms with Gasteiger partial charge in [0, 0.05) is 11.8 Å². The summed E-state index contributed by atoms with van der Waals surface area (Å²) < 4.78 is 15.2. The van der Waals surface area contributed by atoms with Gasteiger partial charge < -0.3 is 5.73 Å². The van der Waals surface area contributed by atoms with Gasteiger partial charge in [-0.15, -0.1) is 0 Å². The number of imidazole rings is 1. The second-order valence-corrected chi connectivity index (χ2v) is 4.54. The van der Waals surface area contributed by atoms with Gasteiger partial charge >= 0.3 is 0 Å². The van der Waals surface area contributed by atoms with Gasteiger partial charge in [-0.3, -0.25) is 4.40 Å². The molecule has 3 aromatic rings. The number of hydrogen-bond donors (Lipinski definition) is 1. The van der Waals surface area contributed by atoms with Gasteiger partial charge in [0.25, 0.3) is 0 Å². The minimum Gasteiger partial charge on any atom is -0.383 e. The first-order valence-electron chi connectivity index (χ1n) is 6.05. The predicted octanol–water partition coefficient (Wildman–Crippen LogP) is 2.90. The number of halogens is 1. The summed E-state index contributed by atoms with van der Waals surface area (Å²) in [5.41, 5.74) is 9.00. The third-order valence-corrected chi connectivity index (χ3v) is 3.24. The quantitative estimate of drug-likeness (QED) is 0.736. The summed E-state index contributed by atoms with van der Waals surface area (Å²) in [5, 5.41) is 8.90. The highest BCUT2D eigenvalue weighted by Gasteiger charge is 2.14. The number of nitrogen functional groups attached to an aromatic ring is 1. The first-order chi connectivity index (χ1) is 9.61. The standard InChI is InChI=1S/C15H11FN4/c1-9-3-2-6-20-14(18)13(19-15(9)20)10-4-5-12(16)11(7-10)8-17/h2-7H,18H2,1H3. The van der Waals surface area contributed by atoms with E-state index in [0.717, 1.165) is 11.2 Å². The van der Waals surface area contributed by atoms with Crippen LogP contribution in [-0.2, 0) is 0 Å². The van der Waals surface area contributed by atoms with Crippen LogP contribution in [-0.4, -0.2) is 9.38 Å². The number of nitrogens with two attached hydrogens (primary N) is 1. The molecule has 0 saturated carbocycles. The number of benzene rings is 1. The van der Waals surface area contributed by atoms with Crippen LogP contribution in [0.25, 0.3) is 16.9 Å². The molecule has 0 unspecified atom stereocenters. The lowest BCUT2D eigenvalue weighted by Crippen LogP contribution is -1.95. The van der Waals surface area contributed by atoms with Gasteiger partial charge in [-0.1, -0.05) is 6.07 Å². The predicted molar refractivity (Wildman–Crippen MR) is 74.5 cm³/mol. The molecule has 5 heteroatoms. The smallest absolute Gasteiger partial charge is 0.142 e. The van der Waals surface area contributed by atoms with E-state index in [2.05, 4.69) is 4.98 Å². The van der Waals surface area contributed by atoms with E-state index in [1.165, 1.54) is 12.1 Å². The highest BCUT2D eigenvalue weighted by atomic mass is 19.1. The Balaban J connectivity index is 2.28. The van der Waals surface area contributed by atoms with E-state index in [0.29, 0.717) is 17.1 Å². The van der Waals surface area contributed by atoms with E-state index in [1.807, 2.05) is 31.3 Å². The Bertz CT molecular complexity index is 858. The average Bonchev–Trinajstić information content (AvgIpc) is 2.79. The fourth-order valence-electron chi connectivity index (χ4n) is 2.19. The number of anilines is 1. The van der Waals surface area contributed by atoms with Gasteiger partial charge in [0.15, 0.2) is 0 Å². The molecule has 0 spiro atoms. The molecule has 0 aliphatic heterocycles. The maximum absolute atomic E-state index is 13.4. The van der Waals surface area contributed by atoms with Crippen molar-refractivity contribution in [1.82, 2.24) is 9.38 Å². The molecule has 2 heterocycles. The molecule has 0 aliphatic carbocycles.